The molecule has 0 atom stereocenters. The Bertz CT molecular complexity index is 433. The van der Waals surface area contributed by atoms with Gasteiger partial charge >= 0.3 is 0 Å². The number of carbonyl (C=O) groups excluding carboxylic acids is 1. The zero-order valence-corrected chi connectivity index (χ0v) is 12.0. The lowest BCUT2D eigenvalue weighted by Gasteiger charge is -2.27. The van der Waals surface area contributed by atoms with Gasteiger partial charge in [-0.2, -0.15) is 0 Å². The fraction of sp³-hybridized carbons (Fsp3) is 0.500. The standard InChI is InChI=1S/C14H22N2O3/c1-10(2)16(14(17)8-15)9-11-7-12(18-3)5-6-13(11)19-4/h5-7,10H,8-9,15H2,1-4H3. The van der Waals surface area contributed by atoms with Crippen molar-refractivity contribution in [1.29, 1.82) is 0 Å². The van der Waals surface area contributed by atoms with E-state index in [9.17, 15) is 4.79 Å². The second kappa shape index (κ2) is 6.99. The van der Waals surface area contributed by atoms with Crippen molar-refractivity contribution >= 4 is 5.91 Å². The number of hydrogen-bond acceptors (Lipinski definition) is 4. The third-order valence-corrected chi connectivity index (χ3v) is 2.95. The largest absolute Gasteiger partial charge is 0.497 e. The van der Waals surface area contributed by atoms with Crippen LogP contribution in [0.5, 0.6) is 11.5 Å². The van der Waals surface area contributed by atoms with Gasteiger partial charge in [0.1, 0.15) is 11.5 Å². The number of benzene rings is 1. The van der Waals surface area contributed by atoms with Crippen LogP contribution in [0.3, 0.4) is 0 Å². The van der Waals surface area contributed by atoms with Crippen LogP contribution >= 0.6 is 0 Å². The molecule has 0 saturated heterocycles. The number of methoxy groups -OCH3 is 2. The molecule has 0 aliphatic heterocycles. The van der Waals surface area contributed by atoms with E-state index in [-0.39, 0.29) is 18.5 Å². The zero-order chi connectivity index (χ0) is 14.4. The summed E-state index contributed by atoms with van der Waals surface area (Å²) in [7, 11) is 3.21. The number of nitrogens with two attached hydrogens (primary N) is 1. The first-order valence-corrected chi connectivity index (χ1v) is 6.23. The summed E-state index contributed by atoms with van der Waals surface area (Å²) in [4.78, 5) is 13.6. The van der Waals surface area contributed by atoms with Crippen LogP contribution < -0.4 is 15.2 Å². The van der Waals surface area contributed by atoms with Gasteiger partial charge in [-0.25, -0.2) is 0 Å². The second-order valence-corrected chi connectivity index (χ2v) is 4.50. The number of carbonyl (C=O) groups is 1. The van der Waals surface area contributed by atoms with Crippen molar-refractivity contribution in [3.05, 3.63) is 23.8 Å². The van der Waals surface area contributed by atoms with E-state index in [2.05, 4.69) is 0 Å². The number of ether oxygens (including phenoxy) is 2. The van der Waals surface area contributed by atoms with Crippen LogP contribution in [0, 0.1) is 0 Å². The van der Waals surface area contributed by atoms with Crippen LogP contribution in [0.1, 0.15) is 19.4 Å². The third kappa shape index (κ3) is 3.86. The highest BCUT2D eigenvalue weighted by molar-refractivity contribution is 5.78. The molecule has 1 aromatic carbocycles. The van der Waals surface area contributed by atoms with Gasteiger partial charge in [0, 0.05) is 18.2 Å². The van der Waals surface area contributed by atoms with Crippen LogP contribution in [-0.4, -0.2) is 37.6 Å². The van der Waals surface area contributed by atoms with Crippen molar-refractivity contribution in [1.82, 2.24) is 4.90 Å². The highest BCUT2D eigenvalue weighted by Crippen LogP contribution is 2.25. The van der Waals surface area contributed by atoms with Gasteiger partial charge in [0.25, 0.3) is 0 Å². The molecule has 1 amide bonds. The molecule has 2 N–H and O–H groups in total. The molecule has 0 saturated carbocycles. The lowest BCUT2D eigenvalue weighted by Crippen LogP contribution is -2.40. The molecular weight excluding hydrogens is 244 g/mol. The molecule has 0 fully saturated rings. The molecule has 0 radical (unpaired) electrons. The fourth-order valence-electron chi connectivity index (χ4n) is 1.86. The summed E-state index contributed by atoms with van der Waals surface area (Å²) >= 11 is 0. The maximum Gasteiger partial charge on any atom is 0.236 e. The minimum Gasteiger partial charge on any atom is -0.497 e. The molecule has 5 nitrogen and oxygen atoms in total. The van der Waals surface area contributed by atoms with Crippen LogP contribution in [-0.2, 0) is 11.3 Å². The maximum absolute atomic E-state index is 11.8. The molecule has 0 heterocycles. The van der Waals surface area contributed by atoms with Crippen molar-refractivity contribution < 1.29 is 14.3 Å². The van der Waals surface area contributed by atoms with Crippen molar-refractivity contribution in [2.45, 2.75) is 26.4 Å². The molecule has 106 valence electrons. The predicted octanol–water partition coefficient (Wildman–Crippen LogP) is 1.40. The molecule has 0 aliphatic rings. The molecule has 1 rings (SSSR count). The quantitative estimate of drug-likeness (QED) is 0.845. The highest BCUT2D eigenvalue weighted by Gasteiger charge is 2.18. The summed E-state index contributed by atoms with van der Waals surface area (Å²) in [6.07, 6.45) is 0. The second-order valence-electron chi connectivity index (χ2n) is 4.50. The molecule has 0 aliphatic carbocycles. The van der Waals surface area contributed by atoms with E-state index in [1.54, 1.807) is 19.1 Å². The fourth-order valence-corrected chi connectivity index (χ4v) is 1.86. The lowest BCUT2D eigenvalue weighted by molar-refractivity contribution is -0.132. The molecule has 1 aromatic rings. The Morgan fingerprint density at radius 1 is 1.32 bits per heavy atom. The van der Waals surface area contributed by atoms with Crippen molar-refractivity contribution in [2.24, 2.45) is 5.73 Å². The third-order valence-electron chi connectivity index (χ3n) is 2.95. The Kier molecular flexibility index (Phi) is 5.63. The van der Waals surface area contributed by atoms with Crippen LogP contribution in [0.15, 0.2) is 18.2 Å². The van der Waals surface area contributed by atoms with Gasteiger partial charge in [-0.3, -0.25) is 4.79 Å². The van der Waals surface area contributed by atoms with E-state index >= 15 is 0 Å². The average Bonchev–Trinajstić information content (AvgIpc) is 2.43. The van der Waals surface area contributed by atoms with Crippen LogP contribution in [0.4, 0.5) is 0 Å². The summed E-state index contributed by atoms with van der Waals surface area (Å²) in [6.45, 7) is 4.37. The first kappa shape index (κ1) is 15.3. The number of nitrogens with zero attached hydrogens (tertiary/aromatic N) is 1. The van der Waals surface area contributed by atoms with Gasteiger partial charge in [0.05, 0.1) is 20.8 Å². The van der Waals surface area contributed by atoms with E-state index in [1.807, 2.05) is 32.0 Å². The van der Waals surface area contributed by atoms with E-state index in [0.717, 1.165) is 17.1 Å². The van der Waals surface area contributed by atoms with Gasteiger partial charge < -0.3 is 20.1 Å². The summed E-state index contributed by atoms with van der Waals surface area (Å²) < 4.78 is 10.5. The van der Waals surface area contributed by atoms with Gasteiger partial charge in [-0.1, -0.05) is 0 Å². The van der Waals surface area contributed by atoms with Crippen LogP contribution in [0.2, 0.25) is 0 Å². The van der Waals surface area contributed by atoms with Gasteiger partial charge in [-0.15, -0.1) is 0 Å². The molecule has 0 spiro atoms. The Labute approximate surface area is 114 Å². The zero-order valence-electron chi connectivity index (χ0n) is 12.0. The van der Waals surface area contributed by atoms with Crippen molar-refractivity contribution in [2.75, 3.05) is 20.8 Å². The first-order chi connectivity index (χ1) is 9.03. The topological polar surface area (TPSA) is 64.8 Å². The SMILES string of the molecule is COc1ccc(OC)c(CN(C(=O)CN)C(C)C)c1. The lowest BCUT2D eigenvalue weighted by atomic mass is 10.1. The molecule has 0 bridgehead atoms. The molecule has 0 aromatic heterocycles. The number of rotatable bonds is 6. The van der Waals surface area contributed by atoms with E-state index in [1.165, 1.54) is 0 Å². The minimum atomic E-state index is -0.0835. The highest BCUT2D eigenvalue weighted by atomic mass is 16.5. The van der Waals surface area contributed by atoms with Crippen molar-refractivity contribution in [3.63, 3.8) is 0 Å². The van der Waals surface area contributed by atoms with E-state index in [4.69, 9.17) is 15.2 Å². The van der Waals surface area contributed by atoms with Crippen molar-refractivity contribution in [3.8, 4) is 11.5 Å². The molecule has 5 heteroatoms. The van der Waals surface area contributed by atoms with E-state index < -0.39 is 0 Å². The maximum atomic E-state index is 11.8. The monoisotopic (exact) mass is 266 g/mol. The minimum absolute atomic E-state index is 0.00443. The molecular formula is C14H22N2O3. The van der Waals surface area contributed by atoms with Crippen LogP contribution in [0.25, 0.3) is 0 Å². The normalized spacial score (nSPS) is 10.4. The van der Waals surface area contributed by atoms with Gasteiger partial charge in [0.15, 0.2) is 0 Å². The average molecular weight is 266 g/mol. The van der Waals surface area contributed by atoms with Gasteiger partial charge in [0.2, 0.25) is 5.91 Å². The Morgan fingerprint density at radius 3 is 2.47 bits per heavy atom. The summed E-state index contributed by atoms with van der Waals surface area (Å²) in [5.74, 6) is 1.39. The molecule has 19 heavy (non-hydrogen) atoms. The number of hydrogen-bond donors (Lipinski definition) is 1. The Hall–Kier alpha value is -1.75. The smallest absolute Gasteiger partial charge is 0.236 e. The van der Waals surface area contributed by atoms with E-state index in [0.29, 0.717) is 6.54 Å². The predicted molar refractivity (Wildman–Crippen MR) is 74.3 cm³/mol. The Morgan fingerprint density at radius 2 is 2.00 bits per heavy atom. The Balaban J connectivity index is 3.03. The van der Waals surface area contributed by atoms with Gasteiger partial charge in [-0.05, 0) is 32.0 Å². The first-order valence-electron chi connectivity index (χ1n) is 6.23. The molecule has 0 unspecified atom stereocenters. The summed E-state index contributed by atoms with van der Waals surface area (Å²) in [5, 5.41) is 0. The summed E-state index contributed by atoms with van der Waals surface area (Å²) in [5.41, 5.74) is 6.34. The number of amides is 1. The summed E-state index contributed by atoms with van der Waals surface area (Å²) in [6, 6.07) is 5.61.